The van der Waals surface area contributed by atoms with E-state index in [0.717, 1.165) is 5.56 Å². The lowest BCUT2D eigenvalue weighted by Gasteiger charge is -2.45. The van der Waals surface area contributed by atoms with E-state index in [2.05, 4.69) is 0 Å². The predicted octanol–water partition coefficient (Wildman–Crippen LogP) is 0.291. The van der Waals surface area contributed by atoms with E-state index in [-0.39, 0.29) is 6.54 Å². The minimum Gasteiger partial charge on any atom is -0.497 e. The molecule has 0 amide bonds. The second-order valence-electron chi connectivity index (χ2n) is 4.47. The van der Waals surface area contributed by atoms with Gasteiger partial charge in [0.2, 0.25) is 0 Å². The molecule has 3 N–H and O–H groups in total. The number of benzene rings is 1. The highest BCUT2D eigenvalue weighted by atomic mass is 16.5. The van der Waals surface area contributed by atoms with Crippen LogP contribution in [0.1, 0.15) is 5.56 Å². The van der Waals surface area contributed by atoms with Crippen LogP contribution in [0.2, 0.25) is 0 Å². The van der Waals surface area contributed by atoms with Crippen molar-refractivity contribution < 1.29 is 19.3 Å². The molecule has 5 heteroatoms. The Morgan fingerprint density at radius 2 is 2.11 bits per heavy atom. The third-order valence-electron chi connectivity index (χ3n) is 3.53. The van der Waals surface area contributed by atoms with Crippen molar-refractivity contribution >= 4 is 0 Å². The third kappa shape index (κ3) is 1.94. The number of rotatable bonds is 5. The van der Waals surface area contributed by atoms with Gasteiger partial charge in [0.05, 0.1) is 39.0 Å². The summed E-state index contributed by atoms with van der Waals surface area (Å²) in [6.45, 7) is 1.10. The molecule has 5 nitrogen and oxygen atoms in total. The lowest BCUT2D eigenvalue weighted by molar-refractivity contribution is -0.117. The van der Waals surface area contributed by atoms with E-state index < -0.39 is 11.5 Å². The first-order valence-electron chi connectivity index (χ1n) is 5.86. The van der Waals surface area contributed by atoms with E-state index in [9.17, 15) is 5.11 Å². The van der Waals surface area contributed by atoms with Crippen LogP contribution in [0.15, 0.2) is 18.2 Å². The van der Waals surface area contributed by atoms with Crippen molar-refractivity contribution in [3.63, 3.8) is 0 Å². The molecule has 0 aliphatic carbocycles. The number of aliphatic hydroxyl groups is 1. The highest BCUT2D eigenvalue weighted by Gasteiger charge is 2.47. The molecule has 18 heavy (non-hydrogen) atoms. The molecule has 100 valence electrons. The van der Waals surface area contributed by atoms with Gasteiger partial charge in [-0.3, -0.25) is 0 Å². The topological polar surface area (TPSA) is 73.9 Å². The Labute approximate surface area is 106 Å². The van der Waals surface area contributed by atoms with Gasteiger partial charge in [-0.25, -0.2) is 0 Å². The number of hydrogen-bond acceptors (Lipinski definition) is 5. The zero-order chi connectivity index (χ0) is 13.2. The summed E-state index contributed by atoms with van der Waals surface area (Å²) in [4.78, 5) is 0. The summed E-state index contributed by atoms with van der Waals surface area (Å²) in [7, 11) is 3.20. The van der Waals surface area contributed by atoms with Crippen LogP contribution in [0.3, 0.4) is 0 Å². The lowest BCUT2D eigenvalue weighted by Crippen LogP contribution is -2.57. The van der Waals surface area contributed by atoms with Crippen LogP contribution < -0.4 is 15.2 Å². The zero-order valence-electron chi connectivity index (χ0n) is 10.7. The van der Waals surface area contributed by atoms with Gasteiger partial charge < -0.3 is 25.1 Å². The Balaban J connectivity index is 2.42. The van der Waals surface area contributed by atoms with Crippen LogP contribution in [0.4, 0.5) is 0 Å². The van der Waals surface area contributed by atoms with E-state index in [1.165, 1.54) is 0 Å². The zero-order valence-corrected chi connectivity index (χ0v) is 10.7. The van der Waals surface area contributed by atoms with Crippen LogP contribution in [-0.2, 0) is 10.2 Å². The molecule has 0 radical (unpaired) electrons. The molecule has 1 fully saturated rings. The van der Waals surface area contributed by atoms with Crippen molar-refractivity contribution in [2.24, 2.45) is 5.73 Å². The smallest absolute Gasteiger partial charge is 0.126 e. The van der Waals surface area contributed by atoms with Gasteiger partial charge in [0.25, 0.3) is 0 Å². The average Bonchev–Trinajstić information content (AvgIpc) is 2.37. The Kier molecular flexibility index (Phi) is 3.75. The van der Waals surface area contributed by atoms with Crippen LogP contribution in [-0.4, -0.2) is 45.2 Å². The van der Waals surface area contributed by atoms with Crippen LogP contribution in [0.5, 0.6) is 11.5 Å². The van der Waals surface area contributed by atoms with E-state index >= 15 is 0 Å². The highest BCUT2D eigenvalue weighted by molar-refractivity contribution is 5.47. The summed E-state index contributed by atoms with van der Waals surface area (Å²) in [5.74, 6) is 1.40. The number of aliphatic hydroxyl groups excluding tert-OH is 1. The fourth-order valence-corrected chi connectivity index (χ4v) is 2.28. The van der Waals surface area contributed by atoms with Crippen molar-refractivity contribution in [3.8, 4) is 11.5 Å². The highest BCUT2D eigenvalue weighted by Crippen LogP contribution is 2.41. The van der Waals surface area contributed by atoms with Gasteiger partial charge in [0.15, 0.2) is 0 Å². The van der Waals surface area contributed by atoms with Gasteiger partial charge in [-0.2, -0.15) is 0 Å². The van der Waals surface area contributed by atoms with Crippen molar-refractivity contribution in [1.82, 2.24) is 0 Å². The lowest BCUT2D eigenvalue weighted by atomic mass is 9.73. The first-order valence-corrected chi connectivity index (χ1v) is 5.86. The van der Waals surface area contributed by atoms with Gasteiger partial charge in [-0.1, -0.05) is 6.07 Å². The fourth-order valence-electron chi connectivity index (χ4n) is 2.28. The first-order chi connectivity index (χ1) is 8.67. The molecule has 2 rings (SSSR count). The average molecular weight is 253 g/mol. The maximum Gasteiger partial charge on any atom is 0.126 e. The number of hydrogen-bond donors (Lipinski definition) is 2. The monoisotopic (exact) mass is 253 g/mol. The van der Waals surface area contributed by atoms with Gasteiger partial charge in [-0.15, -0.1) is 0 Å². The quantitative estimate of drug-likeness (QED) is 0.789. The number of methoxy groups -OCH3 is 2. The van der Waals surface area contributed by atoms with Crippen molar-refractivity contribution in [2.75, 3.05) is 34.0 Å². The molecule has 0 bridgehead atoms. The van der Waals surface area contributed by atoms with Crippen molar-refractivity contribution in [3.05, 3.63) is 23.8 Å². The van der Waals surface area contributed by atoms with E-state index in [0.29, 0.717) is 24.7 Å². The largest absolute Gasteiger partial charge is 0.497 e. The number of nitrogens with two attached hydrogens (primary N) is 1. The molecule has 1 unspecified atom stereocenters. The summed E-state index contributed by atoms with van der Waals surface area (Å²) in [6, 6.07) is 5.55. The third-order valence-corrected chi connectivity index (χ3v) is 3.53. The van der Waals surface area contributed by atoms with Crippen molar-refractivity contribution in [2.45, 2.75) is 11.5 Å². The maximum atomic E-state index is 10.1. The number of ether oxygens (including phenoxy) is 3. The van der Waals surface area contributed by atoms with Gasteiger partial charge in [-0.05, 0) is 6.07 Å². The Morgan fingerprint density at radius 1 is 1.39 bits per heavy atom. The van der Waals surface area contributed by atoms with Gasteiger partial charge >= 0.3 is 0 Å². The summed E-state index contributed by atoms with van der Waals surface area (Å²) in [6.07, 6.45) is -0.645. The van der Waals surface area contributed by atoms with E-state index in [1.807, 2.05) is 12.1 Å². The second-order valence-corrected chi connectivity index (χ2v) is 4.47. The SMILES string of the molecule is COc1ccc(C2(C(O)CN)COC2)c(OC)c1. The minimum absolute atomic E-state index is 0.193. The molecule has 0 saturated carbocycles. The molecule has 0 aromatic heterocycles. The molecule has 1 aliphatic heterocycles. The summed E-state index contributed by atoms with van der Waals surface area (Å²) < 4.78 is 15.8. The fraction of sp³-hybridized carbons (Fsp3) is 0.538. The predicted molar refractivity (Wildman–Crippen MR) is 67.1 cm³/mol. The van der Waals surface area contributed by atoms with Gasteiger partial charge in [0.1, 0.15) is 11.5 Å². The molecule has 1 aliphatic rings. The molecule has 1 atom stereocenters. The molecular weight excluding hydrogens is 234 g/mol. The Bertz CT molecular complexity index is 417. The normalized spacial score (nSPS) is 18.9. The molecular formula is C13H19NO4. The van der Waals surface area contributed by atoms with E-state index in [1.54, 1.807) is 20.3 Å². The van der Waals surface area contributed by atoms with Crippen LogP contribution in [0.25, 0.3) is 0 Å². The van der Waals surface area contributed by atoms with E-state index in [4.69, 9.17) is 19.9 Å². The minimum atomic E-state index is -0.645. The Morgan fingerprint density at radius 3 is 2.56 bits per heavy atom. The first kappa shape index (κ1) is 13.1. The summed E-state index contributed by atoms with van der Waals surface area (Å²) in [5.41, 5.74) is 6.03. The molecule has 1 aromatic rings. The standard InChI is InChI=1S/C13H19NO4/c1-16-9-3-4-10(11(5-9)17-2)13(7-18-8-13)12(15)6-14/h3-5,12,15H,6-8,14H2,1-2H3. The summed E-state index contributed by atoms with van der Waals surface area (Å²) >= 11 is 0. The maximum absolute atomic E-state index is 10.1. The van der Waals surface area contributed by atoms with Crippen LogP contribution in [0, 0.1) is 0 Å². The molecule has 1 heterocycles. The Hall–Kier alpha value is -1.30. The molecule has 1 saturated heterocycles. The van der Waals surface area contributed by atoms with Gasteiger partial charge in [0, 0.05) is 18.2 Å². The molecule has 0 spiro atoms. The van der Waals surface area contributed by atoms with Crippen LogP contribution >= 0.6 is 0 Å². The summed E-state index contributed by atoms with van der Waals surface area (Å²) in [5, 5.41) is 10.1. The molecule has 1 aromatic carbocycles. The van der Waals surface area contributed by atoms with Crippen molar-refractivity contribution in [1.29, 1.82) is 0 Å². The second kappa shape index (κ2) is 5.14.